The van der Waals surface area contributed by atoms with Gasteiger partial charge in [0.25, 0.3) is 0 Å². The molecule has 0 spiro atoms. The molecule has 1 N–H and O–H groups in total. The molecule has 0 bridgehead atoms. The maximum Gasteiger partial charge on any atom is 0.323 e. The first kappa shape index (κ1) is 19.7. The van der Waals surface area contributed by atoms with Gasteiger partial charge in [-0.05, 0) is 44.8 Å². The van der Waals surface area contributed by atoms with E-state index in [2.05, 4.69) is 9.88 Å². The van der Waals surface area contributed by atoms with E-state index < -0.39 is 5.97 Å². The van der Waals surface area contributed by atoms with Gasteiger partial charge in [-0.1, -0.05) is 18.2 Å². The van der Waals surface area contributed by atoms with Crippen molar-refractivity contribution in [3.63, 3.8) is 0 Å². The van der Waals surface area contributed by atoms with Crippen LogP contribution in [0.5, 0.6) is 11.5 Å². The van der Waals surface area contributed by atoms with Gasteiger partial charge in [0.1, 0.15) is 12.4 Å². The highest BCUT2D eigenvalue weighted by Crippen LogP contribution is 2.39. The van der Waals surface area contributed by atoms with Crippen LogP contribution in [0.3, 0.4) is 0 Å². The van der Waals surface area contributed by atoms with Crippen LogP contribution in [0.2, 0.25) is 0 Å². The number of benzene rings is 2. The zero-order valence-electron chi connectivity index (χ0n) is 16.4. The third-order valence-corrected chi connectivity index (χ3v) is 4.38. The average Bonchev–Trinajstić information content (AvgIpc) is 3.02. The van der Waals surface area contributed by atoms with Crippen LogP contribution >= 0.6 is 0 Å². The Bertz CT molecular complexity index is 965. The van der Waals surface area contributed by atoms with E-state index in [4.69, 9.17) is 9.47 Å². The molecule has 0 fully saturated rings. The van der Waals surface area contributed by atoms with Gasteiger partial charge in [-0.3, -0.25) is 4.79 Å². The highest BCUT2D eigenvalue weighted by atomic mass is 16.5. The number of ether oxygens (including phenoxy) is 2. The van der Waals surface area contributed by atoms with Crippen molar-refractivity contribution in [2.24, 2.45) is 0 Å². The lowest BCUT2D eigenvalue weighted by Gasteiger charge is -2.16. The standard InChI is InChI=1S/C21H25N3O4/c1-23(2)12-7-13-28-20-15(8-6-11-18(20)27-3)21-22-16-9-4-5-10-17(16)24(21)14-19(25)26/h4-6,8-11H,7,12-14H2,1-3H3,(H,25,26). The molecule has 0 saturated heterocycles. The van der Waals surface area contributed by atoms with E-state index in [9.17, 15) is 9.90 Å². The summed E-state index contributed by atoms with van der Waals surface area (Å²) in [7, 11) is 5.62. The SMILES string of the molecule is COc1cccc(-c2nc3ccccc3n2CC(=O)O)c1OCCCN(C)C. The van der Waals surface area contributed by atoms with Crippen molar-refractivity contribution in [3.05, 3.63) is 42.5 Å². The molecule has 2 aromatic carbocycles. The molecule has 148 valence electrons. The summed E-state index contributed by atoms with van der Waals surface area (Å²) in [5, 5.41) is 9.40. The van der Waals surface area contributed by atoms with Crippen molar-refractivity contribution in [1.29, 1.82) is 0 Å². The predicted octanol–water partition coefficient (Wildman–Crippen LogP) is 3.13. The lowest BCUT2D eigenvalue weighted by molar-refractivity contribution is -0.137. The summed E-state index contributed by atoms with van der Waals surface area (Å²) in [6.45, 7) is 1.24. The first-order chi connectivity index (χ1) is 13.5. The molecule has 1 heterocycles. The Morgan fingerprint density at radius 3 is 2.68 bits per heavy atom. The first-order valence-corrected chi connectivity index (χ1v) is 9.13. The van der Waals surface area contributed by atoms with Crippen molar-refractivity contribution in [2.45, 2.75) is 13.0 Å². The molecule has 3 aromatic rings. The van der Waals surface area contributed by atoms with Crippen LogP contribution in [0, 0.1) is 0 Å². The summed E-state index contributed by atoms with van der Waals surface area (Å²) in [6, 6.07) is 13.1. The molecule has 7 nitrogen and oxygen atoms in total. The highest BCUT2D eigenvalue weighted by molar-refractivity contribution is 5.84. The molecule has 0 radical (unpaired) electrons. The molecule has 0 saturated carbocycles. The summed E-state index contributed by atoms with van der Waals surface area (Å²) >= 11 is 0. The van der Waals surface area contributed by atoms with Gasteiger partial charge in [-0.25, -0.2) is 4.98 Å². The molecule has 1 aromatic heterocycles. The number of carboxylic acid groups (broad SMARTS) is 1. The number of methoxy groups -OCH3 is 1. The van der Waals surface area contributed by atoms with Crippen LogP contribution in [-0.2, 0) is 11.3 Å². The van der Waals surface area contributed by atoms with Crippen molar-refractivity contribution >= 4 is 17.0 Å². The lowest BCUT2D eigenvalue weighted by atomic mass is 10.1. The predicted molar refractivity (Wildman–Crippen MR) is 108 cm³/mol. The van der Waals surface area contributed by atoms with Crippen LogP contribution in [0.15, 0.2) is 42.5 Å². The maximum atomic E-state index is 11.5. The summed E-state index contributed by atoms with van der Waals surface area (Å²) < 4.78 is 13.3. The second-order valence-electron chi connectivity index (χ2n) is 6.75. The number of nitrogens with zero attached hydrogens (tertiary/aromatic N) is 3. The Morgan fingerprint density at radius 1 is 1.18 bits per heavy atom. The summed E-state index contributed by atoms with van der Waals surface area (Å²) in [6.07, 6.45) is 0.857. The number of carbonyl (C=O) groups is 1. The zero-order valence-corrected chi connectivity index (χ0v) is 16.4. The number of carboxylic acids is 1. The molecule has 7 heteroatoms. The number of hydrogen-bond donors (Lipinski definition) is 1. The van der Waals surface area contributed by atoms with Crippen LogP contribution in [0.4, 0.5) is 0 Å². The van der Waals surface area contributed by atoms with Gasteiger partial charge in [0.2, 0.25) is 0 Å². The quantitative estimate of drug-likeness (QED) is 0.572. The Balaban J connectivity index is 2.06. The molecule has 3 rings (SSSR count). The van der Waals surface area contributed by atoms with E-state index in [1.165, 1.54) is 0 Å². The smallest absolute Gasteiger partial charge is 0.323 e. The fourth-order valence-corrected chi connectivity index (χ4v) is 3.13. The molecule has 0 unspecified atom stereocenters. The number of rotatable bonds is 9. The van der Waals surface area contributed by atoms with E-state index >= 15 is 0 Å². The Hall–Kier alpha value is -3.06. The fraction of sp³-hybridized carbons (Fsp3) is 0.333. The Morgan fingerprint density at radius 2 is 1.96 bits per heavy atom. The number of para-hydroxylation sites is 3. The van der Waals surface area contributed by atoms with Crippen LogP contribution in [0.1, 0.15) is 6.42 Å². The third kappa shape index (κ3) is 4.26. The largest absolute Gasteiger partial charge is 0.493 e. The van der Waals surface area contributed by atoms with E-state index in [-0.39, 0.29) is 6.54 Å². The zero-order chi connectivity index (χ0) is 20.1. The number of aromatic nitrogens is 2. The van der Waals surface area contributed by atoms with Crippen molar-refractivity contribution in [3.8, 4) is 22.9 Å². The Kier molecular flexibility index (Phi) is 6.16. The molecule has 28 heavy (non-hydrogen) atoms. The first-order valence-electron chi connectivity index (χ1n) is 9.13. The lowest BCUT2D eigenvalue weighted by Crippen LogP contribution is -2.16. The Labute approximate surface area is 164 Å². The molecule has 0 amide bonds. The van der Waals surface area contributed by atoms with Gasteiger partial charge in [-0.2, -0.15) is 0 Å². The van der Waals surface area contributed by atoms with Gasteiger partial charge < -0.3 is 24.0 Å². The minimum absolute atomic E-state index is 0.187. The van der Waals surface area contributed by atoms with Gasteiger partial charge >= 0.3 is 5.97 Å². The number of aliphatic carboxylic acids is 1. The molecular formula is C21H25N3O4. The van der Waals surface area contributed by atoms with Gasteiger partial charge in [0.05, 0.1) is 30.3 Å². The molecule has 0 aliphatic carbocycles. The number of imidazole rings is 1. The van der Waals surface area contributed by atoms with Gasteiger partial charge in [-0.15, -0.1) is 0 Å². The summed E-state index contributed by atoms with van der Waals surface area (Å²) in [4.78, 5) is 18.2. The monoisotopic (exact) mass is 383 g/mol. The number of fused-ring (bicyclic) bond motifs is 1. The van der Waals surface area contributed by atoms with Crippen molar-refractivity contribution < 1.29 is 19.4 Å². The molecule has 0 aliphatic rings. The number of hydrogen-bond acceptors (Lipinski definition) is 5. The van der Waals surface area contributed by atoms with Crippen LogP contribution in [-0.4, -0.2) is 59.9 Å². The van der Waals surface area contributed by atoms with E-state index in [0.717, 1.165) is 24.0 Å². The molecule has 0 aliphatic heterocycles. The van der Waals surface area contributed by atoms with E-state index in [0.29, 0.717) is 29.5 Å². The van der Waals surface area contributed by atoms with E-state index in [1.54, 1.807) is 11.7 Å². The van der Waals surface area contributed by atoms with Crippen molar-refractivity contribution in [1.82, 2.24) is 14.5 Å². The molecule has 0 atom stereocenters. The van der Waals surface area contributed by atoms with Crippen molar-refractivity contribution in [2.75, 3.05) is 34.4 Å². The third-order valence-electron chi connectivity index (χ3n) is 4.38. The summed E-state index contributed by atoms with van der Waals surface area (Å²) in [5.74, 6) is 0.785. The minimum atomic E-state index is -0.930. The summed E-state index contributed by atoms with van der Waals surface area (Å²) in [5.41, 5.74) is 2.21. The fourth-order valence-electron chi connectivity index (χ4n) is 3.13. The average molecular weight is 383 g/mol. The normalized spacial score (nSPS) is 11.1. The van der Waals surface area contributed by atoms with E-state index in [1.807, 2.05) is 56.6 Å². The second kappa shape index (κ2) is 8.75. The second-order valence-corrected chi connectivity index (χ2v) is 6.75. The maximum absolute atomic E-state index is 11.5. The van der Waals surface area contributed by atoms with Gasteiger partial charge in [0.15, 0.2) is 11.5 Å². The van der Waals surface area contributed by atoms with Crippen LogP contribution < -0.4 is 9.47 Å². The molecular weight excluding hydrogens is 358 g/mol. The highest BCUT2D eigenvalue weighted by Gasteiger charge is 2.20. The minimum Gasteiger partial charge on any atom is -0.493 e. The van der Waals surface area contributed by atoms with Gasteiger partial charge in [0, 0.05) is 6.54 Å². The topological polar surface area (TPSA) is 76.8 Å². The van der Waals surface area contributed by atoms with Crippen LogP contribution in [0.25, 0.3) is 22.4 Å².